The van der Waals surface area contributed by atoms with Gasteiger partial charge in [0.05, 0.1) is 19.9 Å². The Morgan fingerprint density at radius 1 is 0.963 bits per heavy atom. The smallest absolute Gasteiger partial charge is 0.229 e. The van der Waals surface area contributed by atoms with Crippen LogP contribution in [-0.4, -0.2) is 30.7 Å². The molecule has 6 nitrogen and oxygen atoms in total. The van der Waals surface area contributed by atoms with Gasteiger partial charge in [-0.15, -0.1) is 6.58 Å². The molecule has 0 saturated heterocycles. The summed E-state index contributed by atoms with van der Waals surface area (Å²) in [5, 5.41) is 6.45. The molecule has 2 N–H and O–H groups in total. The summed E-state index contributed by atoms with van der Waals surface area (Å²) in [4.78, 5) is 9.18. The summed E-state index contributed by atoms with van der Waals surface area (Å²) in [7, 11) is 3.21. The SMILES string of the molecule is C=CCNc1cc(-c2ccccc2)nc(Nc2ccc(OC)c(OC)c2)n1. The number of anilines is 3. The third kappa shape index (κ3) is 4.55. The van der Waals surface area contributed by atoms with Crippen LogP contribution in [0.1, 0.15) is 0 Å². The van der Waals surface area contributed by atoms with Crippen molar-refractivity contribution in [3.8, 4) is 22.8 Å². The molecule has 0 radical (unpaired) electrons. The minimum atomic E-state index is 0.482. The molecule has 0 aliphatic carbocycles. The average molecular weight is 362 g/mol. The van der Waals surface area contributed by atoms with Crippen molar-refractivity contribution in [3.05, 3.63) is 67.3 Å². The Hall–Kier alpha value is -3.54. The second kappa shape index (κ2) is 8.71. The summed E-state index contributed by atoms with van der Waals surface area (Å²) < 4.78 is 10.6. The normalized spacial score (nSPS) is 10.1. The highest BCUT2D eigenvalue weighted by Gasteiger charge is 2.09. The van der Waals surface area contributed by atoms with E-state index in [0.717, 1.165) is 16.9 Å². The minimum absolute atomic E-state index is 0.482. The average Bonchev–Trinajstić information content (AvgIpc) is 2.72. The molecule has 0 unspecified atom stereocenters. The largest absolute Gasteiger partial charge is 0.493 e. The quantitative estimate of drug-likeness (QED) is 0.575. The van der Waals surface area contributed by atoms with E-state index in [4.69, 9.17) is 9.47 Å². The van der Waals surface area contributed by atoms with E-state index in [2.05, 4.69) is 27.2 Å². The number of rotatable bonds is 8. The Balaban J connectivity index is 1.95. The molecule has 0 spiro atoms. The minimum Gasteiger partial charge on any atom is -0.493 e. The van der Waals surface area contributed by atoms with Gasteiger partial charge in [0.15, 0.2) is 11.5 Å². The molecule has 0 saturated carbocycles. The fourth-order valence-corrected chi connectivity index (χ4v) is 2.57. The summed E-state index contributed by atoms with van der Waals surface area (Å²) >= 11 is 0. The van der Waals surface area contributed by atoms with Gasteiger partial charge < -0.3 is 20.1 Å². The molecule has 1 aromatic heterocycles. The third-order valence-electron chi connectivity index (χ3n) is 3.86. The number of ether oxygens (including phenoxy) is 2. The van der Waals surface area contributed by atoms with Gasteiger partial charge in [-0.3, -0.25) is 0 Å². The van der Waals surface area contributed by atoms with Crippen LogP contribution >= 0.6 is 0 Å². The molecule has 3 rings (SSSR count). The van der Waals surface area contributed by atoms with Gasteiger partial charge in [0.1, 0.15) is 5.82 Å². The van der Waals surface area contributed by atoms with E-state index in [1.807, 2.05) is 54.6 Å². The van der Waals surface area contributed by atoms with Gasteiger partial charge in [0, 0.05) is 29.9 Å². The number of nitrogens with one attached hydrogen (secondary N) is 2. The molecule has 1 heterocycles. The van der Waals surface area contributed by atoms with Crippen molar-refractivity contribution < 1.29 is 9.47 Å². The highest BCUT2D eigenvalue weighted by atomic mass is 16.5. The van der Waals surface area contributed by atoms with Crippen LogP contribution in [0.4, 0.5) is 17.5 Å². The van der Waals surface area contributed by atoms with Gasteiger partial charge in [0.2, 0.25) is 5.95 Å². The molecular weight excluding hydrogens is 340 g/mol. The maximum atomic E-state index is 5.36. The Labute approximate surface area is 158 Å². The lowest BCUT2D eigenvalue weighted by Gasteiger charge is -2.13. The lowest BCUT2D eigenvalue weighted by atomic mass is 10.1. The topological polar surface area (TPSA) is 68.3 Å². The summed E-state index contributed by atoms with van der Waals surface area (Å²) in [5.74, 6) is 2.49. The molecule has 138 valence electrons. The lowest BCUT2D eigenvalue weighted by molar-refractivity contribution is 0.355. The highest BCUT2D eigenvalue weighted by Crippen LogP contribution is 2.31. The van der Waals surface area contributed by atoms with E-state index in [0.29, 0.717) is 29.8 Å². The molecule has 6 heteroatoms. The van der Waals surface area contributed by atoms with E-state index < -0.39 is 0 Å². The Morgan fingerprint density at radius 2 is 1.74 bits per heavy atom. The van der Waals surface area contributed by atoms with Crippen molar-refractivity contribution in [2.75, 3.05) is 31.4 Å². The van der Waals surface area contributed by atoms with E-state index in [-0.39, 0.29) is 0 Å². The lowest BCUT2D eigenvalue weighted by Crippen LogP contribution is -2.05. The first-order valence-corrected chi connectivity index (χ1v) is 8.52. The fourth-order valence-electron chi connectivity index (χ4n) is 2.57. The first kappa shape index (κ1) is 18.3. The molecular formula is C21H22N4O2. The predicted molar refractivity (Wildman–Crippen MR) is 109 cm³/mol. The number of nitrogens with zero attached hydrogens (tertiary/aromatic N) is 2. The van der Waals surface area contributed by atoms with Crippen LogP contribution in [0.3, 0.4) is 0 Å². The molecule has 2 aromatic carbocycles. The molecule has 3 aromatic rings. The zero-order chi connectivity index (χ0) is 19.1. The molecule has 0 aliphatic rings. The van der Waals surface area contributed by atoms with Crippen molar-refractivity contribution in [1.29, 1.82) is 0 Å². The summed E-state index contributed by atoms with van der Waals surface area (Å²) in [6.45, 7) is 4.35. The Kier molecular flexibility index (Phi) is 5.89. The first-order chi connectivity index (χ1) is 13.2. The number of benzene rings is 2. The maximum absolute atomic E-state index is 5.36. The molecule has 0 bridgehead atoms. The van der Waals surface area contributed by atoms with Crippen molar-refractivity contribution in [3.63, 3.8) is 0 Å². The van der Waals surface area contributed by atoms with E-state index in [1.165, 1.54) is 0 Å². The molecule has 0 aliphatic heterocycles. The summed E-state index contributed by atoms with van der Waals surface area (Å²) in [6.07, 6.45) is 1.78. The summed E-state index contributed by atoms with van der Waals surface area (Å²) in [5.41, 5.74) is 2.63. The van der Waals surface area contributed by atoms with Crippen LogP contribution in [0.15, 0.2) is 67.3 Å². The van der Waals surface area contributed by atoms with Crippen molar-refractivity contribution >= 4 is 17.5 Å². The molecule has 0 fully saturated rings. The zero-order valence-electron chi connectivity index (χ0n) is 15.4. The predicted octanol–water partition coefficient (Wildman–Crippen LogP) is 4.50. The second-order valence-corrected chi connectivity index (χ2v) is 5.69. The van der Waals surface area contributed by atoms with Gasteiger partial charge in [0.25, 0.3) is 0 Å². The standard InChI is InChI=1S/C21H22N4O2/c1-4-12-22-20-14-17(15-8-6-5-7-9-15)24-21(25-20)23-16-10-11-18(26-2)19(13-16)27-3/h4-11,13-14H,1,12H2,2-3H3,(H2,22,23,24,25). The Morgan fingerprint density at radius 3 is 2.44 bits per heavy atom. The fraction of sp³-hybridized carbons (Fsp3) is 0.143. The van der Waals surface area contributed by atoms with Gasteiger partial charge in [-0.1, -0.05) is 36.4 Å². The van der Waals surface area contributed by atoms with E-state index in [1.54, 1.807) is 20.3 Å². The maximum Gasteiger partial charge on any atom is 0.229 e. The van der Waals surface area contributed by atoms with Gasteiger partial charge in [-0.2, -0.15) is 4.98 Å². The number of hydrogen-bond donors (Lipinski definition) is 2. The number of aromatic nitrogens is 2. The number of hydrogen-bond acceptors (Lipinski definition) is 6. The monoisotopic (exact) mass is 362 g/mol. The Bertz CT molecular complexity index is 913. The van der Waals surface area contributed by atoms with Crippen LogP contribution in [0.5, 0.6) is 11.5 Å². The van der Waals surface area contributed by atoms with Gasteiger partial charge >= 0.3 is 0 Å². The zero-order valence-corrected chi connectivity index (χ0v) is 15.4. The molecule has 0 amide bonds. The second-order valence-electron chi connectivity index (χ2n) is 5.69. The highest BCUT2D eigenvalue weighted by molar-refractivity contribution is 5.67. The van der Waals surface area contributed by atoms with Crippen LogP contribution in [-0.2, 0) is 0 Å². The number of methoxy groups -OCH3 is 2. The van der Waals surface area contributed by atoms with Crippen molar-refractivity contribution in [2.45, 2.75) is 0 Å². The van der Waals surface area contributed by atoms with Crippen LogP contribution in [0.2, 0.25) is 0 Å². The van der Waals surface area contributed by atoms with E-state index in [9.17, 15) is 0 Å². The van der Waals surface area contributed by atoms with Gasteiger partial charge in [-0.25, -0.2) is 4.98 Å². The third-order valence-corrected chi connectivity index (χ3v) is 3.86. The van der Waals surface area contributed by atoms with E-state index >= 15 is 0 Å². The molecule has 27 heavy (non-hydrogen) atoms. The van der Waals surface area contributed by atoms with Crippen LogP contribution in [0.25, 0.3) is 11.3 Å². The van der Waals surface area contributed by atoms with Crippen molar-refractivity contribution in [1.82, 2.24) is 9.97 Å². The molecule has 0 atom stereocenters. The van der Waals surface area contributed by atoms with Crippen LogP contribution < -0.4 is 20.1 Å². The van der Waals surface area contributed by atoms with Gasteiger partial charge in [-0.05, 0) is 12.1 Å². The van der Waals surface area contributed by atoms with Crippen molar-refractivity contribution in [2.24, 2.45) is 0 Å². The summed E-state index contributed by atoms with van der Waals surface area (Å²) in [6, 6.07) is 17.4. The van der Waals surface area contributed by atoms with Crippen LogP contribution in [0, 0.1) is 0 Å². The first-order valence-electron chi connectivity index (χ1n) is 8.52.